The van der Waals surface area contributed by atoms with Crippen LogP contribution in [0.25, 0.3) is 0 Å². The van der Waals surface area contributed by atoms with E-state index in [-0.39, 0.29) is 11.7 Å². The van der Waals surface area contributed by atoms with E-state index in [1.54, 1.807) is 43.5 Å². The second-order valence-corrected chi connectivity index (χ2v) is 6.88. The van der Waals surface area contributed by atoms with Crippen molar-refractivity contribution in [1.29, 1.82) is 0 Å². The van der Waals surface area contributed by atoms with Gasteiger partial charge in [-0.1, -0.05) is 42.5 Å². The predicted molar refractivity (Wildman–Crippen MR) is 115 cm³/mol. The van der Waals surface area contributed by atoms with Gasteiger partial charge in [-0.25, -0.2) is 0 Å². The van der Waals surface area contributed by atoms with Crippen molar-refractivity contribution < 1.29 is 14.3 Å². The maximum absolute atomic E-state index is 12.4. The van der Waals surface area contributed by atoms with Crippen molar-refractivity contribution in [2.45, 2.75) is 25.7 Å². The lowest BCUT2D eigenvalue weighted by molar-refractivity contribution is -0.116. The molecule has 1 N–H and O–H groups in total. The van der Waals surface area contributed by atoms with E-state index in [1.165, 1.54) is 5.56 Å². The van der Waals surface area contributed by atoms with Crippen LogP contribution in [0.1, 0.15) is 40.7 Å². The Balaban J connectivity index is 1.42. The highest BCUT2D eigenvalue weighted by Gasteiger charge is 2.09. The molecule has 0 bridgehead atoms. The molecule has 29 heavy (non-hydrogen) atoms. The fourth-order valence-corrected chi connectivity index (χ4v) is 3.09. The van der Waals surface area contributed by atoms with E-state index in [2.05, 4.69) is 17.4 Å². The minimum absolute atomic E-state index is 0.0122. The van der Waals surface area contributed by atoms with Crippen LogP contribution in [-0.2, 0) is 11.2 Å². The van der Waals surface area contributed by atoms with Gasteiger partial charge in [0, 0.05) is 23.2 Å². The van der Waals surface area contributed by atoms with Crippen molar-refractivity contribution in [3.63, 3.8) is 0 Å². The van der Waals surface area contributed by atoms with Crippen LogP contribution in [0.2, 0.25) is 0 Å². The number of methoxy groups -OCH3 is 1. The number of hydrogen-bond acceptors (Lipinski definition) is 3. The van der Waals surface area contributed by atoms with E-state index >= 15 is 0 Å². The third-order valence-electron chi connectivity index (χ3n) is 4.75. The number of rotatable bonds is 9. The summed E-state index contributed by atoms with van der Waals surface area (Å²) in [6, 6.07) is 24.2. The molecule has 3 aromatic rings. The second-order valence-electron chi connectivity index (χ2n) is 6.88. The maximum atomic E-state index is 12.4. The summed E-state index contributed by atoms with van der Waals surface area (Å²) in [5.41, 5.74) is 3.20. The van der Waals surface area contributed by atoms with Crippen LogP contribution >= 0.6 is 0 Å². The lowest BCUT2D eigenvalue weighted by Crippen LogP contribution is -2.11. The van der Waals surface area contributed by atoms with Crippen LogP contribution in [0.5, 0.6) is 5.75 Å². The minimum atomic E-state index is -0.0259. The fraction of sp³-hybridized carbons (Fsp3) is 0.200. The number of nitrogens with one attached hydrogen (secondary N) is 1. The molecule has 0 spiro atoms. The number of anilines is 1. The molecule has 148 valence electrons. The molecule has 3 aromatic carbocycles. The van der Waals surface area contributed by atoms with E-state index in [0.717, 1.165) is 25.0 Å². The van der Waals surface area contributed by atoms with Gasteiger partial charge in [-0.05, 0) is 61.2 Å². The number of carbonyl (C=O) groups is 2. The van der Waals surface area contributed by atoms with Crippen molar-refractivity contribution >= 4 is 17.4 Å². The number of ether oxygens (including phenoxy) is 1. The Hall–Kier alpha value is -3.40. The first-order chi connectivity index (χ1) is 14.2. The van der Waals surface area contributed by atoms with Gasteiger partial charge in [-0.3, -0.25) is 9.59 Å². The van der Waals surface area contributed by atoms with Crippen LogP contribution in [0, 0.1) is 0 Å². The lowest BCUT2D eigenvalue weighted by Gasteiger charge is -2.07. The van der Waals surface area contributed by atoms with Gasteiger partial charge in [-0.15, -0.1) is 0 Å². The predicted octanol–water partition coefficient (Wildman–Crippen LogP) is 5.28. The summed E-state index contributed by atoms with van der Waals surface area (Å²) in [5, 5.41) is 2.89. The van der Waals surface area contributed by atoms with Crippen LogP contribution in [0.4, 0.5) is 5.69 Å². The van der Waals surface area contributed by atoms with Gasteiger partial charge in [0.15, 0.2) is 5.78 Å². The molecule has 4 heteroatoms. The number of aryl methyl sites for hydroxylation is 1. The van der Waals surface area contributed by atoms with E-state index in [4.69, 9.17) is 4.74 Å². The van der Waals surface area contributed by atoms with Crippen molar-refractivity contribution in [2.75, 3.05) is 12.4 Å². The van der Waals surface area contributed by atoms with Crippen molar-refractivity contribution in [3.8, 4) is 5.75 Å². The van der Waals surface area contributed by atoms with E-state index in [1.807, 2.05) is 30.3 Å². The van der Waals surface area contributed by atoms with E-state index in [9.17, 15) is 9.59 Å². The van der Waals surface area contributed by atoms with Crippen molar-refractivity contribution in [3.05, 3.63) is 95.6 Å². The quantitative estimate of drug-likeness (QED) is 0.402. The van der Waals surface area contributed by atoms with Gasteiger partial charge in [0.25, 0.3) is 0 Å². The van der Waals surface area contributed by atoms with E-state index in [0.29, 0.717) is 23.2 Å². The Labute approximate surface area is 171 Å². The Morgan fingerprint density at radius 1 is 0.793 bits per heavy atom. The summed E-state index contributed by atoms with van der Waals surface area (Å²) in [6.07, 6.45) is 3.18. The largest absolute Gasteiger partial charge is 0.497 e. The molecule has 0 aliphatic heterocycles. The second kappa shape index (κ2) is 10.2. The van der Waals surface area contributed by atoms with Crippen molar-refractivity contribution in [1.82, 2.24) is 0 Å². The molecule has 0 aliphatic carbocycles. The van der Waals surface area contributed by atoms with Gasteiger partial charge >= 0.3 is 0 Å². The van der Waals surface area contributed by atoms with Gasteiger partial charge < -0.3 is 10.1 Å². The molecule has 0 radical (unpaired) electrons. The minimum Gasteiger partial charge on any atom is -0.497 e. The first-order valence-electron chi connectivity index (χ1n) is 9.78. The highest BCUT2D eigenvalue weighted by molar-refractivity contribution is 6.09. The number of hydrogen-bond donors (Lipinski definition) is 1. The number of carbonyl (C=O) groups excluding carboxylic acids is 2. The number of benzene rings is 3. The number of amides is 1. The summed E-state index contributed by atoms with van der Waals surface area (Å²) in [6.45, 7) is 0. The fourth-order valence-electron chi connectivity index (χ4n) is 3.09. The zero-order chi connectivity index (χ0) is 20.5. The molecule has 0 saturated heterocycles. The number of ketones is 1. The summed E-state index contributed by atoms with van der Waals surface area (Å²) in [4.78, 5) is 24.6. The maximum Gasteiger partial charge on any atom is 0.224 e. The Kier molecular flexibility index (Phi) is 7.17. The molecular formula is C25H25NO3. The first kappa shape index (κ1) is 20.3. The van der Waals surface area contributed by atoms with Gasteiger partial charge in [-0.2, -0.15) is 0 Å². The van der Waals surface area contributed by atoms with Crippen LogP contribution < -0.4 is 10.1 Å². The standard InChI is InChI=1S/C25H25NO3/c1-29-23-17-11-19(12-18-23)7-5-6-10-24(27)26-22-15-13-21(14-16-22)25(28)20-8-3-2-4-9-20/h2-4,8-9,11-18H,5-7,10H2,1H3,(H,26,27). The number of unbranched alkanes of at least 4 members (excludes halogenated alkanes) is 1. The Bertz CT molecular complexity index is 932. The smallest absolute Gasteiger partial charge is 0.224 e. The average molecular weight is 387 g/mol. The zero-order valence-corrected chi connectivity index (χ0v) is 16.6. The highest BCUT2D eigenvalue weighted by atomic mass is 16.5. The topological polar surface area (TPSA) is 55.4 Å². The molecule has 0 unspecified atom stereocenters. The molecule has 3 rings (SSSR count). The van der Waals surface area contributed by atoms with E-state index < -0.39 is 0 Å². The summed E-state index contributed by atoms with van der Waals surface area (Å²) in [7, 11) is 1.66. The van der Waals surface area contributed by atoms with Crippen molar-refractivity contribution in [2.24, 2.45) is 0 Å². The lowest BCUT2D eigenvalue weighted by atomic mass is 10.0. The molecule has 0 heterocycles. The molecule has 0 aliphatic rings. The SMILES string of the molecule is COc1ccc(CCCCC(=O)Nc2ccc(C(=O)c3ccccc3)cc2)cc1. The van der Waals surface area contributed by atoms with Crippen LogP contribution in [-0.4, -0.2) is 18.8 Å². The third kappa shape index (κ3) is 6.04. The van der Waals surface area contributed by atoms with Gasteiger partial charge in [0.2, 0.25) is 5.91 Å². The van der Waals surface area contributed by atoms with Crippen LogP contribution in [0.3, 0.4) is 0 Å². The first-order valence-corrected chi connectivity index (χ1v) is 9.78. The Morgan fingerprint density at radius 2 is 1.45 bits per heavy atom. The normalized spacial score (nSPS) is 10.4. The average Bonchev–Trinajstić information content (AvgIpc) is 2.78. The summed E-state index contributed by atoms with van der Waals surface area (Å²) < 4.78 is 5.15. The van der Waals surface area contributed by atoms with Gasteiger partial charge in [0.1, 0.15) is 5.75 Å². The highest BCUT2D eigenvalue weighted by Crippen LogP contribution is 2.16. The van der Waals surface area contributed by atoms with Gasteiger partial charge in [0.05, 0.1) is 7.11 Å². The summed E-state index contributed by atoms with van der Waals surface area (Å²) in [5.74, 6) is 0.813. The molecular weight excluding hydrogens is 362 g/mol. The third-order valence-corrected chi connectivity index (χ3v) is 4.75. The Morgan fingerprint density at radius 3 is 2.10 bits per heavy atom. The zero-order valence-electron chi connectivity index (χ0n) is 16.6. The molecule has 1 amide bonds. The molecule has 0 aromatic heterocycles. The molecule has 0 fully saturated rings. The monoisotopic (exact) mass is 387 g/mol. The molecule has 0 saturated carbocycles. The molecule has 0 atom stereocenters. The van der Waals surface area contributed by atoms with Crippen LogP contribution in [0.15, 0.2) is 78.9 Å². The molecule has 4 nitrogen and oxygen atoms in total. The summed E-state index contributed by atoms with van der Waals surface area (Å²) >= 11 is 0.